The fraction of sp³-hybridized carbons (Fsp3) is 0.312. The molecular formula is C16H15F2NOS. The van der Waals surface area contributed by atoms with E-state index < -0.39 is 11.6 Å². The molecule has 2 aromatic rings. The van der Waals surface area contributed by atoms with E-state index >= 15 is 0 Å². The molecule has 1 aliphatic heterocycles. The fourth-order valence-electron chi connectivity index (χ4n) is 2.72. The Labute approximate surface area is 126 Å². The zero-order chi connectivity index (χ0) is 14.8. The van der Waals surface area contributed by atoms with Crippen LogP contribution in [0.1, 0.15) is 34.0 Å². The standard InChI is InChI=1S/C16H15F2NOS/c17-12-3-4-13(14(18)10-12)16(20)19-7-5-11(6-8-19)15-2-1-9-21-15/h1-4,9-11H,5-8H2. The van der Waals surface area contributed by atoms with E-state index in [1.165, 1.54) is 10.9 Å². The monoisotopic (exact) mass is 307 g/mol. The van der Waals surface area contributed by atoms with Gasteiger partial charge in [0.05, 0.1) is 5.56 Å². The number of amides is 1. The largest absolute Gasteiger partial charge is 0.339 e. The molecular weight excluding hydrogens is 292 g/mol. The Bertz CT molecular complexity index is 634. The Morgan fingerprint density at radius 3 is 2.57 bits per heavy atom. The average Bonchev–Trinajstić information content (AvgIpc) is 3.01. The van der Waals surface area contributed by atoms with Crippen molar-refractivity contribution < 1.29 is 13.6 Å². The minimum absolute atomic E-state index is 0.0500. The maximum absolute atomic E-state index is 13.7. The van der Waals surface area contributed by atoms with Crippen LogP contribution >= 0.6 is 11.3 Å². The van der Waals surface area contributed by atoms with E-state index in [0.717, 1.165) is 25.0 Å². The van der Waals surface area contributed by atoms with Gasteiger partial charge in [-0.25, -0.2) is 8.78 Å². The van der Waals surface area contributed by atoms with E-state index in [4.69, 9.17) is 0 Å². The van der Waals surface area contributed by atoms with Crippen molar-refractivity contribution in [2.24, 2.45) is 0 Å². The van der Waals surface area contributed by atoms with E-state index in [1.54, 1.807) is 16.2 Å². The van der Waals surface area contributed by atoms with Crippen LogP contribution in [0.5, 0.6) is 0 Å². The van der Waals surface area contributed by atoms with Crippen LogP contribution in [0.15, 0.2) is 35.7 Å². The summed E-state index contributed by atoms with van der Waals surface area (Å²) in [6, 6.07) is 7.25. The molecule has 2 heterocycles. The lowest BCUT2D eigenvalue weighted by Gasteiger charge is -2.31. The van der Waals surface area contributed by atoms with Gasteiger partial charge in [-0.3, -0.25) is 4.79 Å². The summed E-state index contributed by atoms with van der Waals surface area (Å²) in [5.41, 5.74) is -0.0500. The van der Waals surface area contributed by atoms with Gasteiger partial charge in [0.25, 0.3) is 5.91 Å². The summed E-state index contributed by atoms with van der Waals surface area (Å²) in [6.07, 6.45) is 1.77. The SMILES string of the molecule is O=C(c1ccc(F)cc1F)N1CCC(c2cccs2)CC1. The second-order valence-corrected chi connectivity index (χ2v) is 6.19. The van der Waals surface area contributed by atoms with Gasteiger partial charge in [-0.2, -0.15) is 0 Å². The van der Waals surface area contributed by atoms with Gasteiger partial charge in [0.1, 0.15) is 11.6 Å². The van der Waals surface area contributed by atoms with Crippen LogP contribution in [0.4, 0.5) is 8.78 Å². The van der Waals surface area contributed by atoms with Gasteiger partial charge in [0, 0.05) is 24.0 Å². The Morgan fingerprint density at radius 2 is 1.95 bits per heavy atom. The summed E-state index contributed by atoms with van der Waals surface area (Å²) in [5.74, 6) is -1.33. The van der Waals surface area contributed by atoms with Crippen LogP contribution in [-0.4, -0.2) is 23.9 Å². The molecule has 1 aromatic carbocycles. The number of hydrogen-bond acceptors (Lipinski definition) is 2. The number of hydrogen-bond donors (Lipinski definition) is 0. The quantitative estimate of drug-likeness (QED) is 0.820. The van der Waals surface area contributed by atoms with Gasteiger partial charge in [-0.15, -0.1) is 11.3 Å². The molecule has 0 N–H and O–H groups in total. The molecule has 1 saturated heterocycles. The fourth-order valence-corrected chi connectivity index (χ4v) is 3.62. The van der Waals surface area contributed by atoms with Crippen LogP contribution in [0.3, 0.4) is 0 Å². The predicted octanol–water partition coefficient (Wildman–Crippen LogP) is 4.05. The highest BCUT2D eigenvalue weighted by molar-refractivity contribution is 7.10. The zero-order valence-electron chi connectivity index (χ0n) is 11.4. The molecule has 0 radical (unpaired) electrons. The van der Waals surface area contributed by atoms with Crippen molar-refractivity contribution in [1.29, 1.82) is 0 Å². The molecule has 0 atom stereocenters. The second kappa shape index (κ2) is 5.93. The highest BCUT2D eigenvalue weighted by atomic mass is 32.1. The summed E-state index contributed by atoms with van der Waals surface area (Å²) in [4.78, 5) is 15.3. The first-order valence-electron chi connectivity index (χ1n) is 6.93. The molecule has 110 valence electrons. The molecule has 1 fully saturated rings. The molecule has 3 rings (SSSR count). The Balaban J connectivity index is 1.67. The van der Waals surface area contributed by atoms with Crippen molar-refractivity contribution in [3.63, 3.8) is 0 Å². The number of piperidine rings is 1. The first-order chi connectivity index (χ1) is 10.1. The minimum atomic E-state index is -0.791. The van der Waals surface area contributed by atoms with Gasteiger partial charge in [0.15, 0.2) is 0 Å². The van der Waals surface area contributed by atoms with Crippen molar-refractivity contribution in [3.05, 3.63) is 57.8 Å². The highest BCUT2D eigenvalue weighted by Crippen LogP contribution is 2.31. The van der Waals surface area contributed by atoms with Gasteiger partial charge in [0.2, 0.25) is 0 Å². The topological polar surface area (TPSA) is 20.3 Å². The third-order valence-electron chi connectivity index (χ3n) is 3.89. The molecule has 21 heavy (non-hydrogen) atoms. The first kappa shape index (κ1) is 14.2. The van der Waals surface area contributed by atoms with Crippen molar-refractivity contribution in [2.45, 2.75) is 18.8 Å². The molecule has 0 aliphatic carbocycles. The lowest BCUT2D eigenvalue weighted by molar-refractivity contribution is 0.0709. The molecule has 1 aliphatic rings. The summed E-state index contributed by atoms with van der Waals surface area (Å²) < 4.78 is 26.6. The number of nitrogens with zero attached hydrogens (tertiary/aromatic N) is 1. The van der Waals surface area contributed by atoms with Crippen LogP contribution in [-0.2, 0) is 0 Å². The van der Waals surface area contributed by atoms with E-state index in [0.29, 0.717) is 19.0 Å². The van der Waals surface area contributed by atoms with E-state index in [9.17, 15) is 13.6 Å². The Morgan fingerprint density at radius 1 is 1.19 bits per heavy atom. The second-order valence-electron chi connectivity index (χ2n) is 5.21. The summed E-state index contributed by atoms with van der Waals surface area (Å²) in [5, 5.41) is 2.06. The number of likely N-dealkylation sites (tertiary alicyclic amines) is 1. The Kier molecular flexibility index (Phi) is 4.01. The molecule has 5 heteroatoms. The van der Waals surface area contributed by atoms with E-state index in [1.807, 2.05) is 6.07 Å². The maximum atomic E-state index is 13.7. The number of rotatable bonds is 2. The van der Waals surface area contributed by atoms with Crippen molar-refractivity contribution in [3.8, 4) is 0 Å². The average molecular weight is 307 g/mol. The number of carbonyl (C=O) groups excluding carboxylic acids is 1. The van der Waals surface area contributed by atoms with Crippen molar-refractivity contribution in [2.75, 3.05) is 13.1 Å². The molecule has 0 saturated carbocycles. The van der Waals surface area contributed by atoms with Gasteiger partial charge < -0.3 is 4.90 Å². The molecule has 0 unspecified atom stereocenters. The van der Waals surface area contributed by atoms with E-state index in [-0.39, 0.29) is 11.5 Å². The lowest BCUT2D eigenvalue weighted by atomic mass is 9.95. The lowest BCUT2D eigenvalue weighted by Crippen LogP contribution is -2.38. The predicted molar refractivity (Wildman–Crippen MR) is 78.6 cm³/mol. The third-order valence-corrected chi connectivity index (χ3v) is 4.92. The zero-order valence-corrected chi connectivity index (χ0v) is 12.2. The van der Waals surface area contributed by atoms with Gasteiger partial charge in [-0.05, 0) is 42.3 Å². The van der Waals surface area contributed by atoms with E-state index in [2.05, 4.69) is 11.4 Å². The Hall–Kier alpha value is -1.75. The molecule has 0 spiro atoms. The molecule has 1 amide bonds. The summed E-state index contributed by atoms with van der Waals surface area (Å²) in [7, 11) is 0. The number of thiophene rings is 1. The first-order valence-corrected chi connectivity index (χ1v) is 7.81. The number of halogens is 2. The highest BCUT2D eigenvalue weighted by Gasteiger charge is 2.26. The van der Waals surface area contributed by atoms with Crippen LogP contribution in [0.25, 0.3) is 0 Å². The van der Waals surface area contributed by atoms with Gasteiger partial charge in [-0.1, -0.05) is 6.07 Å². The normalized spacial score (nSPS) is 16.2. The molecule has 2 nitrogen and oxygen atoms in total. The van der Waals surface area contributed by atoms with Crippen LogP contribution in [0, 0.1) is 11.6 Å². The van der Waals surface area contributed by atoms with Crippen molar-refractivity contribution in [1.82, 2.24) is 4.90 Å². The summed E-state index contributed by atoms with van der Waals surface area (Å²) >= 11 is 1.73. The number of carbonyl (C=O) groups is 1. The van der Waals surface area contributed by atoms with Crippen LogP contribution < -0.4 is 0 Å². The third kappa shape index (κ3) is 2.97. The summed E-state index contributed by atoms with van der Waals surface area (Å²) in [6.45, 7) is 1.22. The smallest absolute Gasteiger partial charge is 0.256 e. The van der Waals surface area contributed by atoms with Gasteiger partial charge >= 0.3 is 0 Å². The maximum Gasteiger partial charge on any atom is 0.256 e. The minimum Gasteiger partial charge on any atom is -0.339 e. The number of benzene rings is 1. The molecule has 1 aromatic heterocycles. The van der Waals surface area contributed by atoms with Crippen LogP contribution in [0.2, 0.25) is 0 Å². The molecule has 0 bridgehead atoms. The van der Waals surface area contributed by atoms with Crippen molar-refractivity contribution >= 4 is 17.2 Å².